The highest BCUT2D eigenvalue weighted by Crippen LogP contribution is 2.40. The largest absolute Gasteiger partial charge is 0.496 e. The van der Waals surface area contributed by atoms with E-state index in [9.17, 15) is 5.11 Å². The summed E-state index contributed by atoms with van der Waals surface area (Å²) in [5.74, 6) is 1.04. The van der Waals surface area contributed by atoms with Gasteiger partial charge in [-0.2, -0.15) is 0 Å². The average Bonchev–Trinajstić information content (AvgIpc) is 2.27. The number of methoxy groups -OCH3 is 1. The Labute approximate surface area is 98.3 Å². The molecule has 0 aromatic heterocycles. The summed E-state index contributed by atoms with van der Waals surface area (Å²) in [4.78, 5) is 0. The molecule has 1 N–H and O–H groups in total. The molecule has 1 aromatic rings. The molecule has 1 rings (SSSR count). The van der Waals surface area contributed by atoms with Crippen LogP contribution in [0.1, 0.15) is 33.3 Å². The van der Waals surface area contributed by atoms with E-state index in [1.807, 2.05) is 52.0 Å². The van der Waals surface area contributed by atoms with Gasteiger partial charge in [-0.15, -0.1) is 0 Å². The Morgan fingerprint density at radius 2 is 1.56 bits per heavy atom. The number of rotatable bonds is 4. The Hall–Kier alpha value is -1.02. The highest BCUT2D eigenvalue weighted by Gasteiger charge is 2.38. The minimum absolute atomic E-state index is 0.142. The van der Waals surface area contributed by atoms with Crippen molar-refractivity contribution in [2.75, 3.05) is 7.11 Å². The molecule has 2 nitrogen and oxygen atoms in total. The van der Waals surface area contributed by atoms with Crippen LogP contribution in [0, 0.1) is 11.8 Å². The number of hydrogen-bond acceptors (Lipinski definition) is 2. The number of ether oxygens (including phenoxy) is 1. The van der Waals surface area contributed by atoms with Gasteiger partial charge in [0, 0.05) is 5.56 Å². The molecule has 0 aliphatic carbocycles. The molecule has 0 spiro atoms. The molecule has 0 bridgehead atoms. The first-order valence-corrected chi connectivity index (χ1v) is 5.80. The monoisotopic (exact) mass is 222 g/mol. The Morgan fingerprint density at radius 1 is 1.06 bits per heavy atom. The maximum atomic E-state index is 10.9. The lowest BCUT2D eigenvalue weighted by atomic mass is 9.75. The van der Waals surface area contributed by atoms with E-state index < -0.39 is 5.60 Å². The van der Waals surface area contributed by atoms with Crippen molar-refractivity contribution < 1.29 is 9.84 Å². The van der Waals surface area contributed by atoms with Crippen LogP contribution < -0.4 is 4.74 Å². The molecule has 0 aliphatic heterocycles. The van der Waals surface area contributed by atoms with Gasteiger partial charge >= 0.3 is 0 Å². The molecule has 0 unspecified atom stereocenters. The zero-order valence-corrected chi connectivity index (χ0v) is 10.8. The minimum atomic E-state index is -0.841. The molecule has 2 heteroatoms. The number of aliphatic hydroxyl groups is 1. The third-order valence-electron chi connectivity index (χ3n) is 3.30. The maximum Gasteiger partial charge on any atom is 0.124 e. The van der Waals surface area contributed by atoms with Gasteiger partial charge in [0.25, 0.3) is 0 Å². The molecule has 0 atom stereocenters. The quantitative estimate of drug-likeness (QED) is 0.847. The number of hydrogen-bond donors (Lipinski definition) is 1. The van der Waals surface area contributed by atoms with Gasteiger partial charge in [-0.3, -0.25) is 0 Å². The fraction of sp³-hybridized carbons (Fsp3) is 0.571. The standard InChI is InChI=1S/C14H22O2/c1-10(2)14(15,11(3)4)12-8-6-7-9-13(12)16-5/h6-11,15H,1-5H3. The van der Waals surface area contributed by atoms with E-state index in [1.165, 1.54) is 0 Å². The normalized spacial score (nSPS) is 12.2. The molecule has 90 valence electrons. The number of para-hydroxylation sites is 1. The third-order valence-corrected chi connectivity index (χ3v) is 3.30. The van der Waals surface area contributed by atoms with Crippen molar-refractivity contribution in [3.8, 4) is 5.75 Å². The van der Waals surface area contributed by atoms with Crippen LogP contribution in [0.15, 0.2) is 24.3 Å². The van der Waals surface area contributed by atoms with Crippen LogP contribution in [0.25, 0.3) is 0 Å². The van der Waals surface area contributed by atoms with Crippen molar-refractivity contribution >= 4 is 0 Å². The van der Waals surface area contributed by atoms with Crippen molar-refractivity contribution in [1.29, 1.82) is 0 Å². The van der Waals surface area contributed by atoms with Crippen LogP contribution in [0.5, 0.6) is 5.75 Å². The SMILES string of the molecule is COc1ccccc1C(O)(C(C)C)C(C)C. The summed E-state index contributed by atoms with van der Waals surface area (Å²) in [6, 6.07) is 7.70. The summed E-state index contributed by atoms with van der Waals surface area (Å²) in [7, 11) is 1.64. The van der Waals surface area contributed by atoms with E-state index in [-0.39, 0.29) is 11.8 Å². The van der Waals surface area contributed by atoms with E-state index >= 15 is 0 Å². The molecule has 0 aliphatic rings. The zero-order chi connectivity index (χ0) is 12.3. The van der Waals surface area contributed by atoms with E-state index in [0.717, 1.165) is 11.3 Å². The summed E-state index contributed by atoms with van der Waals surface area (Å²) in [6.45, 7) is 8.14. The highest BCUT2D eigenvalue weighted by atomic mass is 16.5. The predicted molar refractivity (Wildman–Crippen MR) is 66.6 cm³/mol. The van der Waals surface area contributed by atoms with Crippen LogP contribution in [0.2, 0.25) is 0 Å². The Bertz CT molecular complexity index is 334. The first-order chi connectivity index (χ1) is 7.44. The topological polar surface area (TPSA) is 29.5 Å². The van der Waals surface area contributed by atoms with Crippen molar-refractivity contribution in [2.45, 2.75) is 33.3 Å². The van der Waals surface area contributed by atoms with Crippen molar-refractivity contribution in [3.63, 3.8) is 0 Å². The Balaban J connectivity index is 3.32. The molecule has 0 amide bonds. The van der Waals surface area contributed by atoms with Gasteiger partial charge in [-0.05, 0) is 17.9 Å². The van der Waals surface area contributed by atoms with Crippen LogP contribution in [-0.4, -0.2) is 12.2 Å². The van der Waals surface area contributed by atoms with Crippen molar-refractivity contribution in [3.05, 3.63) is 29.8 Å². The second-order valence-electron chi connectivity index (χ2n) is 4.84. The fourth-order valence-electron chi connectivity index (χ4n) is 2.26. The summed E-state index contributed by atoms with van der Waals surface area (Å²) in [5, 5.41) is 10.9. The summed E-state index contributed by atoms with van der Waals surface area (Å²) in [5.41, 5.74) is 0.0366. The van der Waals surface area contributed by atoms with Crippen molar-refractivity contribution in [1.82, 2.24) is 0 Å². The molecule has 1 aromatic carbocycles. The molecule has 0 heterocycles. The van der Waals surface area contributed by atoms with Gasteiger partial charge in [0.2, 0.25) is 0 Å². The van der Waals surface area contributed by atoms with Gasteiger partial charge < -0.3 is 9.84 Å². The van der Waals surface area contributed by atoms with Crippen molar-refractivity contribution in [2.24, 2.45) is 11.8 Å². The van der Waals surface area contributed by atoms with Gasteiger partial charge in [0.1, 0.15) is 5.75 Å². The second-order valence-corrected chi connectivity index (χ2v) is 4.84. The lowest BCUT2D eigenvalue weighted by Crippen LogP contribution is -2.37. The minimum Gasteiger partial charge on any atom is -0.496 e. The molecular formula is C14H22O2. The van der Waals surface area contributed by atoms with Gasteiger partial charge in [-0.1, -0.05) is 45.9 Å². The van der Waals surface area contributed by atoms with Gasteiger partial charge in [0.05, 0.1) is 12.7 Å². The van der Waals surface area contributed by atoms with Crippen LogP contribution >= 0.6 is 0 Å². The smallest absolute Gasteiger partial charge is 0.124 e. The van der Waals surface area contributed by atoms with Crippen LogP contribution in [0.4, 0.5) is 0 Å². The summed E-state index contributed by atoms with van der Waals surface area (Å²) >= 11 is 0. The molecule has 0 radical (unpaired) electrons. The van der Waals surface area contributed by atoms with Crippen LogP contribution in [0.3, 0.4) is 0 Å². The predicted octanol–water partition coefficient (Wildman–Crippen LogP) is 3.19. The molecule has 0 saturated carbocycles. The Kier molecular flexibility index (Phi) is 3.98. The summed E-state index contributed by atoms with van der Waals surface area (Å²) in [6.07, 6.45) is 0. The van der Waals surface area contributed by atoms with Gasteiger partial charge in [-0.25, -0.2) is 0 Å². The fourth-order valence-corrected chi connectivity index (χ4v) is 2.26. The van der Waals surface area contributed by atoms with Crippen LogP contribution in [-0.2, 0) is 5.60 Å². The lowest BCUT2D eigenvalue weighted by molar-refractivity contribution is -0.0547. The maximum absolute atomic E-state index is 10.9. The second kappa shape index (κ2) is 4.88. The molecule has 0 fully saturated rings. The van der Waals surface area contributed by atoms with E-state index in [2.05, 4.69) is 0 Å². The average molecular weight is 222 g/mol. The highest BCUT2D eigenvalue weighted by molar-refractivity contribution is 5.38. The molecular weight excluding hydrogens is 200 g/mol. The van der Waals surface area contributed by atoms with E-state index in [1.54, 1.807) is 7.11 Å². The first-order valence-electron chi connectivity index (χ1n) is 5.80. The first kappa shape index (κ1) is 13.0. The third kappa shape index (κ3) is 2.07. The Morgan fingerprint density at radius 3 is 2.00 bits per heavy atom. The molecule has 0 saturated heterocycles. The lowest BCUT2D eigenvalue weighted by Gasteiger charge is -2.37. The van der Waals surface area contributed by atoms with Gasteiger partial charge in [0.15, 0.2) is 0 Å². The molecule has 16 heavy (non-hydrogen) atoms. The summed E-state index contributed by atoms with van der Waals surface area (Å²) < 4.78 is 5.33. The van der Waals surface area contributed by atoms with E-state index in [0.29, 0.717) is 0 Å². The van der Waals surface area contributed by atoms with E-state index in [4.69, 9.17) is 4.74 Å². The zero-order valence-electron chi connectivity index (χ0n) is 10.8. The number of benzene rings is 1.